The van der Waals surface area contributed by atoms with E-state index in [1.807, 2.05) is 24.3 Å². The van der Waals surface area contributed by atoms with Crippen molar-refractivity contribution in [3.63, 3.8) is 0 Å². The number of hydrogen-bond donors (Lipinski definition) is 0. The van der Waals surface area contributed by atoms with Crippen LogP contribution < -0.4 is 9.47 Å². The van der Waals surface area contributed by atoms with Gasteiger partial charge in [-0.2, -0.15) is 0 Å². The topological polar surface area (TPSA) is 88.4 Å². The van der Waals surface area contributed by atoms with Crippen LogP contribution in [-0.4, -0.2) is 39.7 Å². The Bertz CT molecular complexity index is 910. The third-order valence-electron chi connectivity index (χ3n) is 3.56. The van der Waals surface area contributed by atoms with Gasteiger partial charge in [0.1, 0.15) is 16.7 Å². The molecule has 2 heterocycles. The van der Waals surface area contributed by atoms with E-state index in [-0.39, 0.29) is 18.2 Å². The lowest BCUT2D eigenvalue weighted by molar-refractivity contribution is 0.0516. The molecule has 8 nitrogen and oxygen atoms in total. The molecule has 0 aliphatic heterocycles. The van der Waals surface area contributed by atoms with Gasteiger partial charge in [0.05, 0.1) is 26.5 Å². The summed E-state index contributed by atoms with van der Waals surface area (Å²) < 4.78 is 17.5. The molecule has 0 saturated heterocycles. The van der Waals surface area contributed by atoms with Gasteiger partial charge in [-0.25, -0.2) is 14.5 Å². The number of halogens is 1. The Balaban J connectivity index is 1.91. The maximum absolute atomic E-state index is 12.2. The van der Waals surface area contributed by atoms with E-state index in [2.05, 4.69) is 15.3 Å². The molecule has 0 atom stereocenters. The molecular weight excluding hydrogens is 372 g/mol. The summed E-state index contributed by atoms with van der Waals surface area (Å²) in [5.74, 6) is 0.681. The molecule has 9 heteroatoms. The maximum Gasteiger partial charge on any atom is 0.364 e. The molecule has 2 aromatic heterocycles. The van der Waals surface area contributed by atoms with Gasteiger partial charge in [-0.05, 0) is 36.8 Å². The molecule has 0 amide bonds. The summed E-state index contributed by atoms with van der Waals surface area (Å²) in [5.41, 5.74) is 0.913. The third kappa shape index (κ3) is 4.53. The highest BCUT2D eigenvalue weighted by molar-refractivity contribution is 6.29. The van der Waals surface area contributed by atoms with Crippen LogP contribution in [0.2, 0.25) is 5.15 Å². The number of hydrogen-bond acceptors (Lipinski definition) is 7. The van der Waals surface area contributed by atoms with Gasteiger partial charge in [0, 0.05) is 0 Å². The highest BCUT2D eigenvalue weighted by Gasteiger charge is 2.23. The van der Waals surface area contributed by atoms with Crippen LogP contribution in [0.5, 0.6) is 17.4 Å². The first-order valence-corrected chi connectivity index (χ1v) is 8.51. The number of pyridine rings is 1. The van der Waals surface area contributed by atoms with E-state index >= 15 is 0 Å². The molecule has 0 spiro atoms. The maximum atomic E-state index is 12.2. The average molecular weight is 389 g/mol. The molecule has 0 fully saturated rings. The highest BCUT2D eigenvalue weighted by Crippen LogP contribution is 2.26. The largest absolute Gasteiger partial charge is 0.497 e. The Morgan fingerprint density at radius 3 is 2.52 bits per heavy atom. The second-order valence-corrected chi connectivity index (χ2v) is 5.78. The Hall–Kier alpha value is -3.13. The monoisotopic (exact) mass is 388 g/mol. The van der Waals surface area contributed by atoms with Gasteiger partial charge in [0.15, 0.2) is 0 Å². The van der Waals surface area contributed by atoms with E-state index in [0.717, 1.165) is 11.3 Å². The van der Waals surface area contributed by atoms with E-state index in [1.165, 1.54) is 10.9 Å². The molecule has 0 aliphatic carbocycles. The number of ether oxygens (including phenoxy) is 3. The summed E-state index contributed by atoms with van der Waals surface area (Å²) in [5, 5.41) is 8.29. The Labute approximate surface area is 160 Å². The van der Waals surface area contributed by atoms with E-state index < -0.39 is 5.97 Å². The first kappa shape index (κ1) is 18.7. The number of esters is 1. The predicted octanol–water partition coefficient (Wildman–Crippen LogP) is 3.35. The molecule has 0 aliphatic rings. The zero-order valence-electron chi connectivity index (χ0n) is 14.8. The Morgan fingerprint density at radius 1 is 1.15 bits per heavy atom. The SMILES string of the molecule is CCOC(=O)c1nnn(Cc2ccc(OC)cc2)c1Oc1ccc(Cl)nc1. The summed E-state index contributed by atoms with van der Waals surface area (Å²) in [7, 11) is 1.60. The quantitative estimate of drug-likeness (QED) is 0.453. The van der Waals surface area contributed by atoms with Crippen molar-refractivity contribution in [2.45, 2.75) is 13.5 Å². The summed E-state index contributed by atoms with van der Waals surface area (Å²) in [6, 6.07) is 10.7. The smallest absolute Gasteiger partial charge is 0.364 e. The van der Waals surface area contributed by atoms with Crippen molar-refractivity contribution in [3.8, 4) is 17.4 Å². The summed E-state index contributed by atoms with van der Waals surface area (Å²) in [6.07, 6.45) is 1.45. The fourth-order valence-electron chi connectivity index (χ4n) is 2.27. The highest BCUT2D eigenvalue weighted by atomic mass is 35.5. The van der Waals surface area contributed by atoms with Crippen LogP contribution in [0.15, 0.2) is 42.6 Å². The van der Waals surface area contributed by atoms with E-state index in [0.29, 0.717) is 17.4 Å². The minimum absolute atomic E-state index is 0.0136. The van der Waals surface area contributed by atoms with Crippen LogP contribution in [0.1, 0.15) is 23.0 Å². The minimum Gasteiger partial charge on any atom is -0.497 e. The molecule has 140 valence electrons. The number of carbonyl (C=O) groups excluding carboxylic acids is 1. The van der Waals surface area contributed by atoms with Crippen molar-refractivity contribution in [2.24, 2.45) is 0 Å². The molecule has 0 bridgehead atoms. The zero-order valence-corrected chi connectivity index (χ0v) is 15.5. The summed E-state index contributed by atoms with van der Waals surface area (Å²) in [6.45, 7) is 2.27. The van der Waals surface area contributed by atoms with Gasteiger partial charge in [0.2, 0.25) is 5.69 Å². The van der Waals surface area contributed by atoms with Crippen molar-refractivity contribution in [1.29, 1.82) is 0 Å². The first-order valence-electron chi connectivity index (χ1n) is 8.13. The lowest BCUT2D eigenvalue weighted by Crippen LogP contribution is -2.09. The fourth-order valence-corrected chi connectivity index (χ4v) is 2.39. The van der Waals surface area contributed by atoms with Crippen molar-refractivity contribution in [3.05, 3.63) is 59.0 Å². The number of rotatable bonds is 7. The van der Waals surface area contributed by atoms with Gasteiger partial charge >= 0.3 is 5.97 Å². The van der Waals surface area contributed by atoms with Crippen molar-refractivity contribution >= 4 is 17.6 Å². The van der Waals surface area contributed by atoms with Crippen molar-refractivity contribution in [2.75, 3.05) is 13.7 Å². The normalized spacial score (nSPS) is 10.5. The zero-order chi connectivity index (χ0) is 19.2. The van der Waals surface area contributed by atoms with Crippen molar-refractivity contribution in [1.82, 2.24) is 20.0 Å². The standard InChI is InChI=1S/C18H17ClN4O4/c1-3-26-18(24)16-17(27-14-8-9-15(19)20-10-14)23(22-21-16)11-12-4-6-13(25-2)7-5-12/h4-10H,3,11H2,1-2H3. The van der Waals surface area contributed by atoms with E-state index in [9.17, 15) is 4.79 Å². The minimum atomic E-state index is -0.615. The number of carbonyl (C=O) groups is 1. The molecule has 0 N–H and O–H groups in total. The molecule has 0 saturated carbocycles. The van der Waals surface area contributed by atoms with Gasteiger partial charge in [-0.15, -0.1) is 5.10 Å². The number of aromatic nitrogens is 4. The molecule has 27 heavy (non-hydrogen) atoms. The summed E-state index contributed by atoms with van der Waals surface area (Å²) in [4.78, 5) is 16.2. The Kier molecular flexibility index (Phi) is 5.87. The molecule has 3 rings (SSSR count). The third-order valence-corrected chi connectivity index (χ3v) is 3.79. The fraction of sp³-hybridized carbons (Fsp3) is 0.222. The number of nitrogens with zero attached hydrogens (tertiary/aromatic N) is 4. The predicted molar refractivity (Wildman–Crippen MR) is 97.4 cm³/mol. The van der Waals surface area contributed by atoms with Crippen LogP contribution in [0.3, 0.4) is 0 Å². The van der Waals surface area contributed by atoms with Crippen LogP contribution in [0.25, 0.3) is 0 Å². The van der Waals surface area contributed by atoms with E-state index in [1.54, 1.807) is 26.2 Å². The van der Waals surface area contributed by atoms with Crippen LogP contribution in [-0.2, 0) is 11.3 Å². The molecule has 0 radical (unpaired) electrons. The average Bonchev–Trinajstić information content (AvgIpc) is 3.07. The molecule has 3 aromatic rings. The van der Waals surface area contributed by atoms with Crippen LogP contribution >= 0.6 is 11.6 Å². The van der Waals surface area contributed by atoms with E-state index in [4.69, 9.17) is 25.8 Å². The van der Waals surface area contributed by atoms with Gasteiger partial charge in [-0.1, -0.05) is 28.9 Å². The molecule has 1 aromatic carbocycles. The summed E-state index contributed by atoms with van der Waals surface area (Å²) >= 11 is 5.80. The first-order chi connectivity index (χ1) is 13.1. The second-order valence-electron chi connectivity index (χ2n) is 5.39. The van der Waals surface area contributed by atoms with Crippen LogP contribution in [0, 0.1) is 0 Å². The second kappa shape index (κ2) is 8.50. The van der Waals surface area contributed by atoms with Gasteiger partial charge < -0.3 is 14.2 Å². The number of methoxy groups -OCH3 is 1. The van der Waals surface area contributed by atoms with Gasteiger partial charge in [0.25, 0.3) is 5.88 Å². The lowest BCUT2D eigenvalue weighted by atomic mass is 10.2. The number of benzene rings is 1. The van der Waals surface area contributed by atoms with Crippen molar-refractivity contribution < 1.29 is 19.0 Å². The Morgan fingerprint density at radius 2 is 1.89 bits per heavy atom. The van der Waals surface area contributed by atoms with Crippen LogP contribution in [0.4, 0.5) is 0 Å². The molecular formula is C18H17ClN4O4. The molecule has 0 unspecified atom stereocenters. The van der Waals surface area contributed by atoms with Gasteiger partial charge in [-0.3, -0.25) is 0 Å². The lowest BCUT2D eigenvalue weighted by Gasteiger charge is -2.10.